The molecule has 1 aliphatic rings. The number of rotatable bonds is 4. The summed E-state index contributed by atoms with van der Waals surface area (Å²) < 4.78 is 0. The minimum atomic E-state index is 1.09. The van der Waals surface area contributed by atoms with E-state index in [4.69, 9.17) is 0 Å². The molecule has 132 valence electrons. The Bertz CT molecular complexity index is 437. The standard InChI is InChI=1S/C17H22.3C2H6/c1-6-8-14(4)15(5)17-11-10-13(3)12-16(17)9-7-2;3*1-2/h6-9,12H,1,5,10-11H2,2-4H3;3*1-2H3/b9-7-,14-8-;;;. The monoisotopic (exact) mass is 316 g/mol. The van der Waals surface area contributed by atoms with Crippen LogP contribution in [0.3, 0.4) is 0 Å². The van der Waals surface area contributed by atoms with E-state index in [1.807, 2.05) is 53.7 Å². The highest BCUT2D eigenvalue weighted by Gasteiger charge is 2.13. The zero-order valence-electron chi connectivity index (χ0n) is 17.2. The summed E-state index contributed by atoms with van der Waals surface area (Å²) in [6.07, 6.45) is 12.6. The van der Waals surface area contributed by atoms with Gasteiger partial charge in [-0.3, -0.25) is 0 Å². The molecule has 0 nitrogen and oxygen atoms in total. The molecular weight excluding hydrogens is 276 g/mol. The lowest BCUT2D eigenvalue weighted by Gasteiger charge is -2.19. The van der Waals surface area contributed by atoms with Gasteiger partial charge in [0, 0.05) is 0 Å². The fourth-order valence-corrected chi connectivity index (χ4v) is 2.06. The van der Waals surface area contributed by atoms with Crippen LogP contribution in [0.15, 0.2) is 71.4 Å². The maximum atomic E-state index is 4.22. The third-order valence-corrected chi connectivity index (χ3v) is 3.07. The Morgan fingerprint density at radius 2 is 1.57 bits per heavy atom. The van der Waals surface area contributed by atoms with Crippen molar-refractivity contribution in [3.8, 4) is 0 Å². The fourth-order valence-electron chi connectivity index (χ4n) is 2.06. The molecule has 0 spiro atoms. The first-order chi connectivity index (χ1) is 11.1. The molecule has 23 heavy (non-hydrogen) atoms. The lowest BCUT2D eigenvalue weighted by Crippen LogP contribution is -2.00. The quantitative estimate of drug-likeness (QED) is 0.457. The van der Waals surface area contributed by atoms with Gasteiger partial charge in [-0.05, 0) is 55.9 Å². The number of allylic oxidation sites excluding steroid dienone is 10. The summed E-state index contributed by atoms with van der Waals surface area (Å²) in [6.45, 7) is 26.3. The van der Waals surface area contributed by atoms with Gasteiger partial charge in [-0.15, -0.1) is 0 Å². The van der Waals surface area contributed by atoms with Gasteiger partial charge in [0.1, 0.15) is 0 Å². The molecule has 1 aliphatic carbocycles. The van der Waals surface area contributed by atoms with Gasteiger partial charge < -0.3 is 0 Å². The van der Waals surface area contributed by atoms with Gasteiger partial charge in [0.05, 0.1) is 0 Å². The summed E-state index contributed by atoms with van der Waals surface area (Å²) in [7, 11) is 0. The van der Waals surface area contributed by atoms with Crippen molar-refractivity contribution in [3.63, 3.8) is 0 Å². The predicted molar refractivity (Wildman–Crippen MR) is 112 cm³/mol. The highest BCUT2D eigenvalue weighted by Crippen LogP contribution is 2.32. The fraction of sp³-hybridized carbons (Fsp3) is 0.478. The van der Waals surface area contributed by atoms with Gasteiger partial charge in [0.2, 0.25) is 0 Å². The molecule has 0 radical (unpaired) electrons. The molecule has 0 aliphatic heterocycles. The van der Waals surface area contributed by atoms with Crippen molar-refractivity contribution in [1.29, 1.82) is 0 Å². The van der Waals surface area contributed by atoms with E-state index >= 15 is 0 Å². The van der Waals surface area contributed by atoms with Crippen molar-refractivity contribution in [3.05, 3.63) is 71.4 Å². The van der Waals surface area contributed by atoms with Crippen LogP contribution in [-0.4, -0.2) is 0 Å². The van der Waals surface area contributed by atoms with E-state index < -0.39 is 0 Å². The molecule has 1 rings (SSSR count). The van der Waals surface area contributed by atoms with Crippen LogP contribution in [0.25, 0.3) is 0 Å². The lowest BCUT2D eigenvalue weighted by atomic mass is 9.86. The van der Waals surface area contributed by atoms with Crippen molar-refractivity contribution in [2.45, 2.75) is 75.2 Å². The SMILES string of the molecule is C=C/C=C(/C)C(=C)C1=C(/C=C\C)C=C(C)CC1.CC.CC.CC. The summed E-state index contributed by atoms with van der Waals surface area (Å²) in [5.74, 6) is 0. The molecule has 0 saturated carbocycles. The Balaban J connectivity index is -0.000000595. The van der Waals surface area contributed by atoms with Crippen molar-refractivity contribution < 1.29 is 0 Å². The van der Waals surface area contributed by atoms with E-state index in [9.17, 15) is 0 Å². The normalized spacial score (nSPS) is 13.6. The van der Waals surface area contributed by atoms with Crippen molar-refractivity contribution in [1.82, 2.24) is 0 Å². The maximum absolute atomic E-state index is 4.22. The second-order valence-electron chi connectivity index (χ2n) is 4.49. The summed E-state index contributed by atoms with van der Waals surface area (Å²) in [4.78, 5) is 0. The summed E-state index contributed by atoms with van der Waals surface area (Å²) in [6, 6.07) is 0. The molecule has 0 amide bonds. The topological polar surface area (TPSA) is 0 Å². The first-order valence-corrected chi connectivity index (χ1v) is 9.12. The smallest absolute Gasteiger partial charge is 0.0222 e. The third kappa shape index (κ3) is 10.7. The summed E-state index contributed by atoms with van der Waals surface area (Å²) in [5.41, 5.74) is 6.45. The molecule has 0 saturated heterocycles. The average molecular weight is 317 g/mol. The van der Waals surface area contributed by atoms with Gasteiger partial charge in [0.25, 0.3) is 0 Å². The second-order valence-corrected chi connectivity index (χ2v) is 4.49. The van der Waals surface area contributed by atoms with E-state index in [0.29, 0.717) is 0 Å². The molecule has 0 bridgehead atoms. The van der Waals surface area contributed by atoms with Crippen LogP contribution in [0, 0.1) is 0 Å². The highest BCUT2D eigenvalue weighted by atomic mass is 14.2. The Morgan fingerprint density at radius 3 is 2.00 bits per heavy atom. The number of hydrogen-bond acceptors (Lipinski definition) is 0. The molecule has 0 fully saturated rings. The van der Waals surface area contributed by atoms with Crippen LogP contribution in [-0.2, 0) is 0 Å². The van der Waals surface area contributed by atoms with E-state index in [1.54, 1.807) is 0 Å². The van der Waals surface area contributed by atoms with Crippen LogP contribution in [0.4, 0.5) is 0 Å². The zero-order valence-corrected chi connectivity index (χ0v) is 17.2. The lowest BCUT2D eigenvalue weighted by molar-refractivity contribution is 0.904. The van der Waals surface area contributed by atoms with Gasteiger partial charge in [-0.25, -0.2) is 0 Å². The van der Waals surface area contributed by atoms with Crippen LogP contribution in [0.1, 0.15) is 75.2 Å². The summed E-state index contributed by atoms with van der Waals surface area (Å²) >= 11 is 0. The van der Waals surface area contributed by atoms with Crippen LogP contribution in [0.2, 0.25) is 0 Å². The average Bonchev–Trinajstić information content (AvgIpc) is 2.60. The molecular formula is C23H40. The zero-order chi connectivity index (χ0) is 18.8. The van der Waals surface area contributed by atoms with E-state index in [2.05, 4.69) is 52.2 Å². The first-order valence-electron chi connectivity index (χ1n) is 9.12. The van der Waals surface area contributed by atoms with E-state index in [1.165, 1.54) is 22.3 Å². The predicted octanol–water partition coefficient (Wildman–Crippen LogP) is 8.37. The van der Waals surface area contributed by atoms with Crippen LogP contribution in [0.5, 0.6) is 0 Å². The minimum Gasteiger partial charge on any atom is -0.0991 e. The minimum absolute atomic E-state index is 1.09. The van der Waals surface area contributed by atoms with Crippen LogP contribution >= 0.6 is 0 Å². The van der Waals surface area contributed by atoms with Gasteiger partial charge in [0.15, 0.2) is 0 Å². The van der Waals surface area contributed by atoms with E-state index in [0.717, 1.165) is 18.4 Å². The number of hydrogen-bond donors (Lipinski definition) is 0. The van der Waals surface area contributed by atoms with Gasteiger partial charge >= 0.3 is 0 Å². The summed E-state index contributed by atoms with van der Waals surface area (Å²) in [5, 5.41) is 0. The second kappa shape index (κ2) is 18.5. The largest absolute Gasteiger partial charge is 0.0991 e. The molecule has 0 atom stereocenters. The van der Waals surface area contributed by atoms with Crippen LogP contribution < -0.4 is 0 Å². The Morgan fingerprint density at radius 1 is 1.04 bits per heavy atom. The molecule has 0 N–H and O–H groups in total. The van der Waals surface area contributed by atoms with Crippen molar-refractivity contribution in [2.75, 3.05) is 0 Å². The molecule has 0 unspecified atom stereocenters. The molecule has 0 aromatic heterocycles. The van der Waals surface area contributed by atoms with E-state index in [-0.39, 0.29) is 0 Å². The Hall–Kier alpha value is -1.56. The molecule has 0 aromatic carbocycles. The molecule has 0 heterocycles. The first kappa shape index (κ1) is 26.3. The Labute approximate surface area is 147 Å². The van der Waals surface area contributed by atoms with Crippen molar-refractivity contribution in [2.24, 2.45) is 0 Å². The van der Waals surface area contributed by atoms with Gasteiger partial charge in [-0.2, -0.15) is 0 Å². The maximum Gasteiger partial charge on any atom is -0.0222 e. The highest BCUT2D eigenvalue weighted by molar-refractivity contribution is 5.54. The molecule has 0 heteroatoms. The molecule has 0 aromatic rings. The third-order valence-electron chi connectivity index (χ3n) is 3.07. The van der Waals surface area contributed by atoms with Crippen molar-refractivity contribution >= 4 is 0 Å². The van der Waals surface area contributed by atoms with Gasteiger partial charge in [-0.1, -0.05) is 90.7 Å². The Kier molecular flexibility index (Phi) is 21.2.